The molecule has 1 heterocycles. The Morgan fingerprint density at radius 2 is 2.20 bits per heavy atom. The van der Waals surface area contributed by atoms with Gasteiger partial charge in [0.2, 0.25) is 5.60 Å². The minimum atomic E-state index is -1.24. The van der Waals surface area contributed by atoms with Crippen molar-refractivity contribution in [2.75, 3.05) is 6.61 Å². The Balaban J connectivity index is 2.69. The van der Waals surface area contributed by atoms with E-state index >= 15 is 0 Å². The monoisotopic (exact) mass is 143 g/mol. The Kier molecular flexibility index (Phi) is 1.48. The molecule has 1 aliphatic heterocycles. The molecule has 56 valence electrons. The molecule has 0 aromatic rings. The number of carbonyl (C=O) groups is 2. The lowest BCUT2D eigenvalue weighted by molar-refractivity contribution is -0.133. The predicted octanol–water partition coefficient (Wildman–Crippen LogP) is -0.780. The number of Topliss-reactive ketones (excluding diaryl/α,β-unsaturated/α-hetero) is 1. The first kappa shape index (κ1) is 7.21. The zero-order valence-electron chi connectivity index (χ0n) is 5.72. The van der Waals surface area contributed by atoms with Crippen LogP contribution in [0.5, 0.6) is 0 Å². The quantitative estimate of drug-likeness (QED) is 0.416. The number of hydrogen-bond acceptors (Lipinski definition) is 3. The summed E-state index contributed by atoms with van der Waals surface area (Å²) in [6, 6.07) is 0. The Bertz CT molecular complexity index is 183. The first-order valence-corrected chi connectivity index (χ1v) is 3.10. The van der Waals surface area contributed by atoms with Crippen LogP contribution in [0, 0.1) is 0 Å². The average Bonchev–Trinajstić information content (AvgIpc) is 2.65. The molecular weight excluding hydrogens is 134 g/mol. The molecule has 0 spiro atoms. The zero-order valence-corrected chi connectivity index (χ0v) is 5.72. The minimum Gasteiger partial charge on any atom is -0.367 e. The van der Waals surface area contributed by atoms with Crippen LogP contribution in [0.25, 0.3) is 0 Å². The molecule has 1 amide bonds. The maximum atomic E-state index is 10.9. The number of epoxide rings is 1. The van der Waals surface area contributed by atoms with E-state index in [1.807, 2.05) is 0 Å². The van der Waals surface area contributed by atoms with Crippen LogP contribution in [0.1, 0.15) is 13.3 Å². The second kappa shape index (κ2) is 2.05. The summed E-state index contributed by atoms with van der Waals surface area (Å²) in [6.45, 7) is 1.84. The number of rotatable bonds is 3. The van der Waals surface area contributed by atoms with Gasteiger partial charge in [-0.25, -0.2) is 0 Å². The summed E-state index contributed by atoms with van der Waals surface area (Å²) in [5.41, 5.74) is 3.68. The molecule has 1 fully saturated rings. The molecule has 0 aliphatic carbocycles. The maximum absolute atomic E-state index is 10.9. The highest BCUT2D eigenvalue weighted by atomic mass is 16.6. The van der Waals surface area contributed by atoms with Crippen LogP contribution < -0.4 is 5.73 Å². The molecule has 4 nitrogen and oxygen atoms in total. The summed E-state index contributed by atoms with van der Waals surface area (Å²) in [4.78, 5) is 21.5. The SMILES string of the molecule is CCC(=O)C1(C(N)=O)CO1. The smallest absolute Gasteiger partial charge is 0.259 e. The van der Waals surface area contributed by atoms with Crippen molar-refractivity contribution in [3.05, 3.63) is 0 Å². The van der Waals surface area contributed by atoms with Crippen LogP contribution in [0.2, 0.25) is 0 Å². The normalized spacial score (nSPS) is 29.7. The molecule has 0 radical (unpaired) electrons. The predicted molar refractivity (Wildman–Crippen MR) is 33.2 cm³/mol. The van der Waals surface area contributed by atoms with Crippen molar-refractivity contribution in [3.8, 4) is 0 Å². The van der Waals surface area contributed by atoms with Crippen molar-refractivity contribution in [2.45, 2.75) is 18.9 Å². The van der Waals surface area contributed by atoms with Crippen LogP contribution in [0.4, 0.5) is 0 Å². The lowest BCUT2D eigenvalue weighted by Crippen LogP contribution is -2.39. The van der Waals surface area contributed by atoms with Gasteiger partial charge in [-0.15, -0.1) is 0 Å². The van der Waals surface area contributed by atoms with E-state index < -0.39 is 11.5 Å². The molecule has 10 heavy (non-hydrogen) atoms. The first-order valence-electron chi connectivity index (χ1n) is 3.10. The zero-order chi connectivity index (χ0) is 7.78. The number of ketones is 1. The molecule has 2 N–H and O–H groups in total. The number of hydrogen-bond donors (Lipinski definition) is 1. The van der Waals surface area contributed by atoms with E-state index in [4.69, 9.17) is 5.73 Å². The number of amides is 1. The number of carbonyl (C=O) groups excluding carboxylic acids is 2. The summed E-state index contributed by atoms with van der Waals surface area (Å²) in [5, 5.41) is 0. The number of primary amides is 1. The van der Waals surface area contributed by atoms with Crippen molar-refractivity contribution in [1.82, 2.24) is 0 Å². The molecule has 1 aliphatic rings. The van der Waals surface area contributed by atoms with Gasteiger partial charge < -0.3 is 10.5 Å². The number of ether oxygens (including phenoxy) is 1. The lowest BCUT2D eigenvalue weighted by atomic mass is 10.0. The van der Waals surface area contributed by atoms with Crippen LogP contribution in [-0.2, 0) is 14.3 Å². The lowest BCUT2D eigenvalue weighted by Gasteiger charge is -2.01. The van der Waals surface area contributed by atoms with Gasteiger partial charge in [0.25, 0.3) is 5.91 Å². The molecule has 0 aromatic heterocycles. The van der Waals surface area contributed by atoms with Gasteiger partial charge in [-0.3, -0.25) is 9.59 Å². The Hall–Kier alpha value is -0.900. The Labute approximate surface area is 58.3 Å². The molecule has 1 rings (SSSR count). The van der Waals surface area contributed by atoms with E-state index in [0.29, 0.717) is 6.42 Å². The highest BCUT2D eigenvalue weighted by Crippen LogP contribution is 2.28. The fourth-order valence-corrected chi connectivity index (χ4v) is 0.798. The Morgan fingerprint density at radius 1 is 1.70 bits per heavy atom. The van der Waals surface area contributed by atoms with Crippen molar-refractivity contribution in [3.63, 3.8) is 0 Å². The fourth-order valence-electron chi connectivity index (χ4n) is 0.798. The molecular formula is C6H9NO3. The van der Waals surface area contributed by atoms with E-state index in [1.165, 1.54) is 0 Å². The van der Waals surface area contributed by atoms with Crippen molar-refractivity contribution >= 4 is 11.7 Å². The van der Waals surface area contributed by atoms with Crippen LogP contribution >= 0.6 is 0 Å². The highest BCUT2D eigenvalue weighted by Gasteiger charge is 2.56. The Morgan fingerprint density at radius 3 is 2.30 bits per heavy atom. The van der Waals surface area contributed by atoms with Gasteiger partial charge in [0.15, 0.2) is 5.78 Å². The molecule has 0 aromatic carbocycles. The van der Waals surface area contributed by atoms with Crippen LogP contribution in [0.15, 0.2) is 0 Å². The van der Waals surface area contributed by atoms with E-state index in [1.54, 1.807) is 6.92 Å². The topological polar surface area (TPSA) is 72.7 Å². The van der Waals surface area contributed by atoms with E-state index in [-0.39, 0.29) is 12.4 Å². The average molecular weight is 143 g/mol. The third-order valence-corrected chi connectivity index (χ3v) is 1.60. The molecule has 0 bridgehead atoms. The van der Waals surface area contributed by atoms with Gasteiger partial charge >= 0.3 is 0 Å². The standard InChI is InChI=1S/C6H9NO3/c1-2-4(8)6(3-10-6)5(7)9/h2-3H2,1H3,(H2,7,9). The van der Waals surface area contributed by atoms with E-state index in [2.05, 4.69) is 4.74 Å². The van der Waals surface area contributed by atoms with E-state index in [9.17, 15) is 9.59 Å². The van der Waals surface area contributed by atoms with Gasteiger partial charge in [-0.05, 0) is 0 Å². The van der Waals surface area contributed by atoms with Gasteiger partial charge in [-0.2, -0.15) is 0 Å². The van der Waals surface area contributed by atoms with E-state index in [0.717, 1.165) is 0 Å². The van der Waals surface area contributed by atoms with Crippen LogP contribution in [0.3, 0.4) is 0 Å². The third kappa shape index (κ3) is 0.806. The second-order valence-electron chi connectivity index (χ2n) is 2.26. The molecule has 4 heteroatoms. The summed E-state index contributed by atoms with van der Waals surface area (Å²) >= 11 is 0. The second-order valence-corrected chi connectivity index (χ2v) is 2.26. The van der Waals surface area contributed by atoms with Crippen molar-refractivity contribution in [1.29, 1.82) is 0 Å². The van der Waals surface area contributed by atoms with Gasteiger partial charge in [0, 0.05) is 6.42 Å². The van der Waals surface area contributed by atoms with Crippen molar-refractivity contribution < 1.29 is 14.3 Å². The molecule has 0 saturated carbocycles. The van der Waals surface area contributed by atoms with Gasteiger partial charge in [0.05, 0.1) is 6.61 Å². The molecule has 1 saturated heterocycles. The summed E-state index contributed by atoms with van der Waals surface area (Å²) < 4.78 is 4.69. The highest BCUT2D eigenvalue weighted by molar-refractivity contribution is 6.11. The molecule has 1 atom stereocenters. The van der Waals surface area contributed by atoms with Gasteiger partial charge in [0.1, 0.15) is 0 Å². The maximum Gasteiger partial charge on any atom is 0.259 e. The number of nitrogens with two attached hydrogens (primary N) is 1. The fraction of sp³-hybridized carbons (Fsp3) is 0.667. The third-order valence-electron chi connectivity index (χ3n) is 1.60. The summed E-state index contributed by atoms with van der Waals surface area (Å²) in [7, 11) is 0. The largest absolute Gasteiger partial charge is 0.367 e. The summed E-state index contributed by atoms with van der Waals surface area (Å²) in [6.07, 6.45) is 0.295. The van der Waals surface area contributed by atoms with Gasteiger partial charge in [-0.1, -0.05) is 6.92 Å². The summed E-state index contributed by atoms with van der Waals surface area (Å²) in [5.74, 6) is -0.889. The minimum absolute atomic E-state index is 0.162. The van der Waals surface area contributed by atoms with Crippen LogP contribution in [-0.4, -0.2) is 23.9 Å². The first-order chi connectivity index (χ1) is 4.63. The van der Waals surface area contributed by atoms with Crippen molar-refractivity contribution in [2.24, 2.45) is 5.73 Å². The molecule has 1 unspecified atom stereocenters.